The van der Waals surface area contributed by atoms with E-state index in [0.29, 0.717) is 5.69 Å². The quantitative estimate of drug-likeness (QED) is 0.654. The molecule has 1 aliphatic heterocycles. The first-order valence-electron chi connectivity index (χ1n) is 5.95. The summed E-state index contributed by atoms with van der Waals surface area (Å²) in [7, 11) is 0. The molecule has 3 N–H and O–H groups in total. The van der Waals surface area contributed by atoms with Crippen LogP contribution in [0.4, 0.5) is 5.69 Å². The number of ether oxygens (including phenoxy) is 2. The lowest BCUT2D eigenvalue weighted by molar-refractivity contribution is 0.174. The summed E-state index contributed by atoms with van der Waals surface area (Å²) in [5, 5.41) is 0. The molecule has 0 atom stereocenters. The first kappa shape index (κ1) is 10.3. The van der Waals surface area contributed by atoms with E-state index in [4.69, 9.17) is 15.2 Å². The van der Waals surface area contributed by atoms with Gasteiger partial charge in [0.2, 0.25) is 6.79 Å². The van der Waals surface area contributed by atoms with Crippen molar-refractivity contribution in [1.82, 2.24) is 9.97 Å². The highest BCUT2D eigenvalue weighted by Crippen LogP contribution is 2.35. The standard InChI is InChI=1S/C14H11N3O2/c15-9-2-1-3-10-13(9)17-14(16-10)8-4-5-11-12(6-8)19-7-18-11/h1-6H,7,15H2,(H,16,17). The Morgan fingerprint density at radius 2 is 2.00 bits per heavy atom. The summed E-state index contributed by atoms with van der Waals surface area (Å²) in [4.78, 5) is 7.79. The summed E-state index contributed by atoms with van der Waals surface area (Å²) >= 11 is 0. The molecule has 4 rings (SSSR count). The normalized spacial score (nSPS) is 13.1. The molecule has 0 aliphatic carbocycles. The second-order valence-corrected chi connectivity index (χ2v) is 4.40. The molecule has 0 unspecified atom stereocenters. The van der Waals surface area contributed by atoms with E-state index in [2.05, 4.69) is 9.97 Å². The number of aromatic nitrogens is 2. The second kappa shape index (κ2) is 3.65. The number of benzene rings is 2. The monoisotopic (exact) mass is 253 g/mol. The molecule has 0 radical (unpaired) electrons. The van der Waals surface area contributed by atoms with Crippen LogP contribution in [0.2, 0.25) is 0 Å². The maximum atomic E-state index is 5.91. The summed E-state index contributed by atoms with van der Waals surface area (Å²) in [6.07, 6.45) is 0. The summed E-state index contributed by atoms with van der Waals surface area (Å²) in [6.45, 7) is 0.270. The molecular formula is C14H11N3O2. The largest absolute Gasteiger partial charge is 0.454 e. The topological polar surface area (TPSA) is 73.2 Å². The summed E-state index contributed by atoms with van der Waals surface area (Å²) < 4.78 is 10.7. The van der Waals surface area contributed by atoms with Crippen LogP contribution in [0.1, 0.15) is 0 Å². The minimum absolute atomic E-state index is 0.270. The summed E-state index contributed by atoms with van der Waals surface area (Å²) in [5.74, 6) is 2.27. The van der Waals surface area contributed by atoms with Crippen LogP contribution >= 0.6 is 0 Å². The van der Waals surface area contributed by atoms with Gasteiger partial charge in [0, 0.05) is 5.56 Å². The molecule has 2 heterocycles. The zero-order chi connectivity index (χ0) is 12.8. The van der Waals surface area contributed by atoms with Crippen LogP contribution < -0.4 is 15.2 Å². The molecule has 1 aromatic heterocycles. The van der Waals surface area contributed by atoms with Crippen LogP contribution in [0.25, 0.3) is 22.4 Å². The Balaban J connectivity index is 1.88. The van der Waals surface area contributed by atoms with Gasteiger partial charge in [0.25, 0.3) is 0 Å². The van der Waals surface area contributed by atoms with Crippen molar-refractivity contribution in [2.45, 2.75) is 0 Å². The van der Waals surface area contributed by atoms with Crippen LogP contribution in [-0.2, 0) is 0 Å². The van der Waals surface area contributed by atoms with Crippen molar-refractivity contribution in [3.8, 4) is 22.9 Å². The zero-order valence-electron chi connectivity index (χ0n) is 10.0. The minimum Gasteiger partial charge on any atom is -0.454 e. The smallest absolute Gasteiger partial charge is 0.231 e. The van der Waals surface area contributed by atoms with Gasteiger partial charge in [-0.2, -0.15) is 0 Å². The van der Waals surface area contributed by atoms with Crippen molar-refractivity contribution < 1.29 is 9.47 Å². The van der Waals surface area contributed by atoms with E-state index < -0.39 is 0 Å². The van der Waals surface area contributed by atoms with E-state index in [1.54, 1.807) is 0 Å². The highest BCUT2D eigenvalue weighted by Gasteiger charge is 2.15. The van der Waals surface area contributed by atoms with E-state index in [0.717, 1.165) is 33.9 Å². The van der Waals surface area contributed by atoms with Gasteiger partial charge >= 0.3 is 0 Å². The van der Waals surface area contributed by atoms with Crippen molar-refractivity contribution in [1.29, 1.82) is 0 Å². The summed E-state index contributed by atoms with van der Waals surface area (Å²) in [5.41, 5.74) is 9.23. The highest BCUT2D eigenvalue weighted by atomic mass is 16.7. The average Bonchev–Trinajstić information content (AvgIpc) is 3.04. The number of imidazole rings is 1. The van der Waals surface area contributed by atoms with Crippen molar-refractivity contribution in [3.63, 3.8) is 0 Å². The number of nitrogens with one attached hydrogen (secondary N) is 1. The fourth-order valence-corrected chi connectivity index (χ4v) is 2.23. The third-order valence-corrected chi connectivity index (χ3v) is 3.19. The number of H-pyrrole nitrogens is 1. The van der Waals surface area contributed by atoms with Crippen molar-refractivity contribution in [2.24, 2.45) is 0 Å². The zero-order valence-corrected chi connectivity index (χ0v) is 10.0. The third kappa shape index (κ3) is 1.52. The van der Waals surface area contributed by atoms with E-state index in [1.165, 1.54) is 0 Å². The number of fused-ring (bicyclic) bond motifs is 2. The van der Waals surface area contributed by atoms with Gasteiger partial charge in [-0.3, -0.25) is 0 Å². The highest BCUT2D eigenvalue weighted by molar-refractivity contribution is 5.89. The van der Waals surface area contributed by atoms with Gasteiger partial charge in [-0.05, 0) is 30.3 Å². The van der Waals surface area contributed by atoms with Gasteiger partial charge in [0.15, 0.2) is 11.5 Å². The van der Waals surface area contributed by atoms with Gasteiger partial charge in [-0.1, -0.05) is 6.07 Å². The number of nitrogens with zero attached hydrogens (tertiary/aromatic N) is 1. The molecule has 0 bridgehead atoms. The van der Waals surface area contributed by atoms with Gasteiger partial charge in [-0.25, -0.2) is 4.98 Å². The van der Waals surface area contributed by atoms with Crippen LogP contribution in [0.5, 0.6) is 11.5 Å². The number of rotatable bonds is 1. The number of anilines is 1. The van der Waals surface area contributed by atoms with E-state index in [9.17, 15) is 0 Å². The van der Waals surface area contributed by atoms with Gasteiger partial charge < -0.3 is 20.2 Å². The number of para-hydroxylation sites is 1. The molecule has 0 fully saturated rings. The SMILES string of the molecule is Nc1cccc2[nH]c(-c3ccc4c(c3)OCO4)nc12. The Morgan fingerprint density at radius 1 is 1.11 bits per heavy atom. The lowest BCUT2D eigenvalue weighted by Crippen LogP contribution is -1.92. The molecule has 19 heavy (non-hydrogen) atoms. The Hall–Kier alpha value is -2.69. The maximum absolute atomic E-state index is 5.91. The number of nitrogens with two attached hydrogens (primary N) is 1. The Morgan fingerprint density at radius 3 is 2.89 bits per heavy atom. The van der Waals surface area contributed by atoms with Crippen LogP contribution in [0.3, 0.4) is 0 Å². The third-order valence-electron chi connectivity index (χ3n) is 3.19. The first-order chi connectivity index (χ1) is 9.31. The van der Waals surface area contributed by atoms with E-state index in [1.807, 2.05) is 36.4 Å². The Labute approximate surface area is 109 Å². The average molecular weight is 253 g/mol. The molecule has 1 aliphatic rings. The first-order valence-corrected chi connectivity index (χ1v) is 5.95. The lowest BCUT2D eigenvalue weighted by atomic mass is 10.2. The fraction of sp³-hybridized carbons (Fsp3) is 0.0714. The number of aromatic amines is 1. The number of hydrogen-bond acceptors (Lipinski definition) is 4. The molecule has 0 saturated heterocycles. The van der Waals surface area contributed by atoms with Gasteiger partial charge in [-0.15, -0.1) is 0 Å². The number of hydrogen-bond donors (Lipinski definition) is 2. The van der Waals surface area contributed by atoms with E-state index in [-0.39, 0.29) is 6.79 Å². The minimum atomic E-state index is 0.270. The maximum Gasteiger partial charge on any atom is 0.231 e. The second-order valence-electron chi connectivity index (χ2n) is 4.40. The van der Waals surface area contributed by atoms with Crippen LogP contribution in [0.15, 0.2) is 36.4 Å². The van der Waals surface area contributed by atoms with Gasteiger partial charge in [0.05, 0.1) is 11.2 Å². The van der Waals surface area contributed by atoms with Gasteiger partial charge in [0.1, 0.15) is 11.3 Å². The molecule has 3 aromatic rings. The van der Waals surface area contributed by atoms with Crippen LogP contribution in [0, 0.1) is 0 Å². The fourth-order valence-electron chi connectivity index (χ4n) is 2.23. The molecule has 5 nitrogen and oxygen atoms in total. The molecule has 5 heteroatoms. The predicted molar refractivity (Wildman–Crippen MR) is 72.1 cm³/mol. The van der Waals surface area contributed by atoms with E-state index >= 15 is 0 Å². The predicted octanol–water partition coefficient (Wildman–Crippen LogP) is 2.54. The van der Waals surface area contributed by atoms with Crippen molar-refractivity contribution in [3.05, 3.63) is 36.4 Å². The molecule has 0 saturated carbocycles. The molecule has 94 valence electrons. The molecule has 2 aromatic carbocycles. The Kier molecular flexibility index (Phi) is 1.97. The summed E-state index contributed by atoms with van der Waals surface area (Å²) in [6, 6.07) is 11.4. The van der Waals surface area contributed by atoms with Crippen molar-refractivity contribution >= 4 is 16.7 Å². The lowest BCUT2D eigenvalue weighted by Gasteiger charge is -1.99. The van der Waals surface area contributed by atoms with Crippen LogP contribution in [-0.4, -0.2) is 16.8 Å². The molecular weight excluding hydrogens is 242 g/mol. The molecule has 0 amide bonds. The molecule has 0 spiro atoms. The van der Waals surface area contributed by atoms with Crippen molar-refractivity contribution in [2.75, 3.05) is 12.5 Å². The number of nitrogen functional groups attached to an aromatic ring is 1. The Bertz CT molecular complexity index is 779.